The lowest BCUT2D eigenvalue weighted by molar-refractivity contribution is -0.121. The second kappa shape index (κ2) is 6.13. The molecule has 0 radical (unpaired) electrons. The highest BCUT2D eigenvalue weighted by molar-refractivity contribution is 5.78. The smallest absolute Gasteiger partial charge is 0.225 e. The van der Waals surface area contributed by atoms with Crippen molar-refractivity contribution in [3.63, 3.8) is 0 Å². The minimum atomic E-state index is 0.0108. The van der Waals surface area contributed by atoms with Crippen LogP contribution in [-0.4, -0.2) is 20.7 Å². The number of hydrogen-bond donors (Lipinski definition) is 1. The fraction of sp³-hybridized carbons (Fsp3) is 0.357. The summed E-state index contributed by atoms with van der Waals surface area (Å²) in [5, 5.41) is 7.09. The molecular formula is C14H18N4O. The molecule has 0 fully saturated rings. The van der Waals surface area contributed by atoms with Crippen LogP contribution in [-0.2, 0) is 18.3 Å². The van der Waals surface area contributed by atoms with Gasteiger partial charge in [-0.05, 0) is 29.7 Å². The molecule has 0 unspecified atom stereocenters. The minimum absolute atomic E-state index is 0.0108. The predicted molar refractivity (Wildman–Crippen MR) is 72.3 cm³/mol. The third-order valence-electron chi connectivity index (χ3n) is 2.97. The number of hydrogen-bond acceptors (Lipinski definition) is 3. The molecule has 1 atom stereocenters. The number of aryl methyl sites for hydroxylation is 1. The Labute approximate surface area is 112 Å². The molecular weight excluding hydrogens is 240 g/mol. The van der Waals surface area contributed by atoms with Crippen LogP contribution in [0.2, 0.25) is 0 Å². The fourth-order valence-electron chi connectivity index (χ4n) is 2.01. The molecule has 0 aliphatic carbocycles. The molecule has 0 aliphatic rings. The Morgan fingerprint density at radius 2 is 2.16 bits per heavy atom. The zero-order chi connectivity index (χ0) is 13.7. The molecule has 0 bridgehead atoms. The van der Waals surface area contributed by atoms with Crippen LogP contribution in [0.3, 0.4) is 0 Å². The average Bonchev–Trinajstić information content (AvgIpc) is 2.82. The maximum Gasteiger partial charge on any atom is 0.225 e. The highest BCUT2D eigenvalue weighted by Gasteiger charge is 2.13. The fourth-order valence-corrected chi connectivity index (χ4v) is 2.01. The van der Waals surface area contributed by atoms with E-state index in [4.69, 9.17) is 0 Å². The zero-order valence-corrected chi connectivity index (χ0v) is 11.2. The summed E-state index contributed by atoms with van der Waals surface area (Å²) in [6, 6.07) is 3.89. The molecule has 2 aromatic heterocycles. The summed E-state index contributed by atoms with van der Waals surface area (Å²) in [4.78, 5) is 16.0. The molecule has 5 nitrogen and oxygen atoms in total. The van der Waals surface area contributed by atoms with Gasteiger partial charge in [0, 0.05) is 25.6 Å². The van der Waals surface area contributed by atoms with E-state index in [0.29, 0.717) is 6.42 Å². The van der Waals surface area contributed by atoms with Gasteiger partial charge in [0.1, 0.15) is 0 Å². The molecule has 2 heterocycles. The van der Waals surface area contributed by atoms with Crippen LogP contribution in [0, 0.1) is 0 Å². The molecule has 1 N–H and O–H groups in total. The lowest BCUT2D eigenvalue weighted by Gasteiger charge is -2.16. The first-order chi connectivity index (χ1) is 9.19. The van der Waals surface area contributed by atoms with Gasteiger partial charge in [0.2, 0.25) is 5.91 Å². The number of carbonyl (C=O) groups excluding carboxylic acids is 1. The standard InChI is InChI=1S/C14H18N4O/c1-3-13(12-4-6-15-7-5-12)17-14(19)8-11-9-16-18(2)10-11/h4-7,9-10,13H,3,8H2,1-2H3,(H,17,19)/t13-/m1/s1. The molecule has 0 saturated carbocycles. The van der Waals surface area contributed by atoms with Gasteiger partial charge in [-0.25, -0.2) is 0 Å². The summed E-state index contributed by atoms with van der Waals surface area (Å²) in [6.45, 7) is 2.05. The van der Waals surface area contributed by atoms with Crippen molar-refractivity contribution in [1.82, 2.24) is 20.1 Å². The summed E-state index contributed by atoms with van der Waals surface area (Å²) in [5.74, 6) is 0.0108. The van der Waals surface area contributed by atoms with E-state index in [9.17, 15) is 4.79 Å². The van der Waals surface area contributed by atoms with Crippen LogP contribution >= 0.6 is 0 Å². The maximum atomic E-state index is 12.0. The van der Waals surface area contributed by atoms with E-state index in [0.717, 1.165) is 17.5 Å². The second-order valence-corrected chi connectivity index (χ2v) is 4.51. The third kappa shape index (κ3) is 3.64. The quantitative estimate of drug-likeness (QED) is 0.886. The van der Waals surface area contributed by atoms with Crippen LogP contribution in [0.1, 0.15) is 30.5 Å². The van der Waals surface area contributed by atoms with E-state index < -0.39 is 0 Å². The number of carbonyl (C=O) groups is 1. The third-order valence-corrected chi connectivity index (χ3v) is 2.97. The maximum absolute atomic E-state index is 12.0. The van der Waals surface area contributed by atoms with Crippen LogP contribution in [0.4, 0.5) is 0 Å². The number of nitrogens with one attached hydrogen (secondary N) is 1. The van der Waals surface area contributed by atoms with Crippen LogP contribution < -0.4 is 5.32 Å². The van der Waals surface area contributed by atoms with Crippen LogP contribution in [0.15, 0.2) is 36.9 Å². The van der Waals surface area contributed by atoms with Crippen molar-refractivity contribution < 1.29 is 4.79 Å². The number of amides is 1. The summed E-state index contributed by atoms with van der Waals surface area (Å²) in [7, 11) is 1.84. The summed E-state index contributed by atoms with van der Waals surface area (Å²) in [6.07, 6.45) is 8.26. The molecule has 0 saturated heterocycles. The number of rotatable bonds is 5. The highest BCUT2D eigenvalue weighted by atomic mass is 16.1. The van der Waals surface area contributed by atoms with Crippen molar-refractivity contribution in [2.75, 3.05) is 0 Å². The second-order valence-electron chi connectivity index (χ2n) is 4.51. The monoisotopic (exact) mass is 258 g/mol. The topological polar surface area (TPSA) is 59.8 Å². The van der Waals surface area contributed by atoms with Crippen LogP contribution in [0.25, 0.3) is 0 Å². The molecule has 0 spiro atoms. The van der Waals surface area contributed by atoms with Gasteiger partial charge >= 0.3 is 0 Å². The molecule has 2 rings (SSSR count). The molecule has 1 amide bonds. The van der Waals surface area contributed by atoms with Crippen molar-refractivity contribution in [3.05, 3.63) is 48.0 Å². The van der Waals surface area contributed by atoms with Crippen molar-refractivity contribution in [3.8, 4) is 0 Å². The zero-order valence-electron chi connectivity index (χ0n) is 11.2. The van der Waals surface area contributed by atoms with Crippen molar-refractivity contribution >= 4 is 5.91 Å². The summed E-state index contributed by atoms with van der Waals surface area (Å²) >= 11 is 0. The van der Waals surface area contributed by atoms with Crippen molar-refractivity contribution in [2.24, 2.45) is 7.05 Å². The number of pyridine rings is 1. The molecule has 100 valence electrons. The first-order valence-corrected chi connectivity index (χ1v) is 6.36. The Morgan fingerprint density at radius 3 is 2.74 bits per heavy atom. The minimum Gasteiger partial charge on any atom is -0.349 e. The Morgan fingerprint density at radius 1 is 1.42 bits per heavy atom. The Hall–Kier alpha value is -2.17. The normalized spacial score (nSPS) is 12.1. The van der Waals surface area contributed by atoms with E-state index in [1.807, 2.05) is 25.4 Å². The van der Waals surface area contributed by atoms with E-state index in [1.54, 1.807) is 23.3 Å². The predicted octanol–water partition coefficient (Wildman–Crippen LogP) is 1.63. The Bertz CT molecular complexity index is 535. The van der Waals surface area contributed by atoms with Gasteiger partial charge in [0.05, 0.1) is 18.7 Å². The van der Waals surface area contributed by atoms with E-state index in [-0.39, 0.29) is 11.9 Å². The van der Waals surface area contributed by atoms with Crippen molar-refractivity contribution in [2.45, 2.75) is 25.8 Å². The SMILES string of the molecule is CC[C@@H](NC(=O)Cc1cnn(C)c1)c1ccncc1. The summed E-state index contributed by atoms with van der Waals surface area (Å²) in [5.41, 5.74) is 2.00. The van der Waals surface area contributed by atoms with Crippen molar-refractivity contribution in [1.29, 1.82) is 0 Å². The lowest BCUT2D eigenvalue weighted by Crippen LogP contribution is -2.29. The highest BCUT2D eigenvalue weighted by Crippen LogP contribution is 2.15. The Balaban J connectivity index is 1.97. The molecule has 0 aliphatic heterocycles. The summed E-state index contributed by atoms with van der Waals surface area (Å²) < 4.78 is 1.70. The van der Waals surface area contributed by atoms with Gasteiger partial charge in [-0.3, -0.25) is 14.5 Å². The largest absolute Gasteiger partial charge is 0.349 e. The number of aromatic nitrogens is 3. The van der Waals surface area contributed by atoms with Gasteiger partial charge < -0.3 is 5.32 Å². The molecule has 19 heavy (non-hydrogen) atoms. The molecule has 0 aromatic carbocycles. The van der Waals surface area contributed by atoms with E-state index in [2.05, 4.69) is 22.3 Å². The van der Waals surface area contributed by atoms with Crippen LogP contribution in [0.5, 0.6) is 0 Å². The molecule has 5 heteroatoms. The van der Waals surface area contributed by atoms with E-state index in [1.165, 1.54) is 0 Å². The average molecular weight is 258 g/mol. The number of nitrogens with zero attached hydrogens (tertiary/aromatic N) is 3. The lowest BCUT2D eigenvalue weighted by atomic mass is 10.1. The van der Waals surface area contributed by atoms with Gasteiger partial charge in [-0.2, -0.15) is 5.10 Å². The van der Waals surface area contributed by atoms with Gasteiger partial charge in [0.25, 0.3) is 0 Å². The molecule has 2 aromatic rings. The van der Waals surface area contributed by atoms with Gasteiger partial charge in [-0.1, -0.05) is 6.92 Å². The van der Waals surface area contributed by atoms with Gasteiger partial charge in [0.15, 0.2) is 0 Å². The van der Waals surface area contributed by atoms with Gasteiger partial charge in [-0.15, -0.1) is 0 Å². The first kappa shape index (κ1) is 13.3. The first-order valence-electron chi connectivity index (χ1n) is 6.36. The van der Waals surface area contributed by atoms with E-state index >= 15 is 0 Å². The Kier molecular flexibility index (Phi) is 4.28.